The maximum Gasteiger partial charge on any atom is 0.300 e. The number of anilines is 1. The highest BCUT2D eigenvalue weighted by Crippen LogP contribution is 2.42. The number of ketones is 1. The van der Waals surface area contributed by atoms with E-state index in [1.165, 1.54) is 55.8 Å². The Morgan fingerprint density at radius 1 is 1.17 bits per heavy atom. The van der Waals surface area contributed by atoms with Gasteiger partial charge < -0.3 is 14.3 Å². The highest BCUT2D eigenvalue weighted by Gasteiger charge is 2.48. The molecule has 2 heterocycles. The third kappa shape index (κ3) is 3.23. The lowest BCUT2D eigenvalue weighted by Crippen LogP contribution is -2.29. The molecule has 1 fully saturated rings. The zero-order valence-corrected chi connectivity index (χ0v) is 16.4. The maximum absolute atomic E-state index is 13.4. The van der Waals surface area contributed by atoms with Crippen molar-refractivity contribution in [3.63, 3.8) is 0 Å². The van der Waals surface area contributed by atoms with Gasteiger partial charge in [-0.15, -0.1) is 0 Å². The molecule has 0 aliphatic carbocycles. The fourth-order valence-corrected chi connectivity index (χ4v) is 3.64. The number of Topliss-reactive ketones (excluding diaryl/α,β-unsaturated/α-hetero) is 1. The van der Waals surface area contributed by atoms with E-state index in [1.807, 2.05) is 0 Å². The summed E-state index contributed by atoms with van der Waals surface area (Å²) in [5.74, 6) is -2.02. The van der Waals surface area contributed by atoms with Gasteiger partial charge in [-0.25, -0.2) is 4.39 Å². The smallest absolute Gasteiger partial charge is 0.300 e. The average molecular weight is 428 g/mol. The molecular formula is C22H15ClFNO5. The number of rotatable bonds is 4. The van der Waals surface area contributed by atoms with Crippen LogP contribution in [0.15, 0.2) is 70.9 Å². The number of halogens is 2. The van der Waals surface area contributed by atoms with E-state index in [0.717, 1.165) is 4.90 Å². The van der Waals surface area contributed by atoms with Crippen LogP contribution >= 0.6 is 11.6 Å². The lowest BCUT2D eigenvalue weighted by Gasteiger charge is -2.23. The Bertz CT molecular complexity index is 1150. The molecule has 2 aromatic carbocycles. The van der Waals surface area contributed by atoms with E-state index >= 15 is 0 Å². The highest BCUT2D eigenvalue weighted by atomic mass is 35.5. The minimum absolute atomic E-state index is 0.166. The molecule has 1 atom stereocenters. The number of amides is 1. The quantitative estimate of drug-likeness (QED) is 0.370. The van der Waals surface area contributed by atoms with Crippen LogP contribution in [0.2, 0.25) is 5.02 Å². The molecule has 0 saturated carbocycles. The first-order chi connectivity index (χ1) is 14.4. The topological polar surface area (TPSA) is 80.0 Å². The summed E-state index contributed by atoms with van der Waals surface area (Å²) in [7, 11) is 1.45. The van der Waals surface area contributed by atoms with Crippen LogP contribution < -0.4 is 9.64 Å². The Morgan fingerprint density at radius 3 is 2.50 bits per heavy atom. The highest BCUT2D eigenvalue weighted by molar-refractivity contribution is 6.51. The van der Waals surface area contributed by atoms with Crippen molar-refractivity contribution in [2.75, 3.05) is 12.0 Å². The molecule has 1 amide bonds. The van der Waals surface area contributed by atoms with Crippen LogP contribution in [0.5, 0.6) is 5.75 Å². The molecule has 0 bridgehead atoms. The number of carbonyl (C=O) groups excluding carboxylic acids is 2. The Hall–Kier alpha value is -3.58. The van der Waals surface area contributed by atoms with E-state index < -0.39 is 29.3 Å². The molecule has 30 heavy (non-hydrogen) atoms. The number of hydrogen-bond acceptors (Lipinski definition) is 5. The Balaban J connectivity index is 1.90. The summed E-state index contributed by atoms with van der Waals surface area (Å²) in [5, 5.41) is 11.2. The Labute approximate surface area is 175 Å². The van der Waals surface area contributed by atoms with Crippen LogP contribution in [0.1, 0.15) is 17.4 Å². The molecule has 4 rings (SSSR count). The molecule has 1 aliphatic rings. The number of ether oxygens (including phenoxy) is 1. The van der Waals surface area contributed by atoms with Crippen molar-refractivity contribution in [2.24, 2.45) is 0 Å². The largest absolute Gasteiger partial charge is 0.507 e. The number of aliphatic hydroxyl groups is 1. The molecule has 0 radical (unpaired) electrons. The second-order valence-electron chi connectivity index (χ2n) is 6.51. The van der Waals surface area contributed by atoms with Crippen LogP contribution in [0.3, 0.4) is 0 Å². The fraction of sp³-hybridized carbons (Fsp3) is 0.0909. The van der Waals surface area contributed by atoms with Crippen molar-refractivity contribution >= 4 is 34.7 Å². The lowest BCUT2D eigenvalue weighted by molar-refractivity contribution is -0.132. The monoisotopic (exact) mass is 427 g/mol. The van der Waals surface area contributed by atoms with Gasteiger partial charge >= 0.3 is 0 Å². The van der Waals surface area contributed by atoms with E-state index in [0.29, 0.717) is 5.75 Å². The van der Waals surface area contributed by atoms with Crippen molar-refractivity contribution in [2.45, 2.75) is 6.04 Å². The van der Waals surface area contributed by atoms with Crippen molar-refractivity contribution in [3.05, 3.63) is 88.6 Å². The number of hydrogen-bond donors (Lipinski definition) is 1. The second-order valence-corrected chi connectivity index (χ2v) is 6.92. The number of benzene rings is 2. The predicted molar refractivity (Wildman–Crippen MR) is 108 cm³/mol. The fourth-order valence-electron chi connectivity index (χ4n) is 3.39. The van der Waals surface area contributed by atoms with Crippen LogP contribution in [-0.2, 0) is 9.59 Å². The van der Waals surface area contributed by atoms with Gasteiger partial charge in [0.05, 0.1) is 24.0 Å². The first-order valence-electron chi connectivity index (χ1n) is 8.86. The van der Waals surface area contributed by atoms with Gasteiger partial charge in [0.1, 0.15) is 29.1 Å². The summed E-state index contributed by atoms with van der Waals surface area (Å²) in [6.45, 7) is 0. The Morgan fingerprint density at radius 2 is 1.90 bits per heavy atom. The average Bonchev–Trinajstić information content (AvgIpc) is 3.35. The van der Waals surface area contributed by atoms with Gasteiger partial charge in [-0.05, 0) is 54.6 Å². The van der Waals surface area contributed by atoms with E-state index in [-0.39, 0.29) is 27.6 Å². The zero-order chi connectivity index (χ0) is 21.4. The predicted octanol–water partition coefficient (Wildman–Crippen LogP) is 4.71. The van der Waals surface area contributed by atoms with E-state index in [4.69, 9.17) is 20.8 Å². The number of carbonyl (C=O) groups is 2. The molecule has 1 saturated heterocycles. The summed E-state index contributed by atoms with van der Waals surface area (Å²) in [5.41, 5.74) is 0.349. The van der Waals surface area contributed by atoms with Crippen molar-refractivity contribution in [1.29, 1.82) is 0 Å². The van der Waals surface area contributed by atoms with Crippen LogP contribution in [-0.4, -0.2) is 23.9 Å². The van der Waals surface area contributed by atoms with Crippen LogP contribution in [0.4, 0.5) is 10.1 Å². The van der Waals surface area contributed by atoms with Crippen molar-refractivity contribution in [3.8, 4) is 5.75 Å². The summed E-state index contributed by atoms with van der Waals surface area (Å²) >= 11 is 6.15. The minimum Gasteiger partial charge on any atom is -0.507 e. The molecular weight excluding hydrogens is 413 g/mol. The van der Waals surface area contributed by atoms with Gasteiger partial charge in [-0.2, -0.15) is 0 Å². The Kier molecular flexibility index (Phi) is 5.05. The molecule has 0 spiro atoms. The third-order valence-electron chi connectivity index (χ3n) is 4.79. The van der Waals surface area contributed by atoms with Crippen LogP contribution in [0, 0.1) is 5.82 Å². The number of methoxy groups -OCH3 is 1. The molecule has 1 N–H and O–H groups in total. The molecule has 3 aromatic rings. The van der Waals surface area contributed by atoms with Gasteiger partial charge in [-0.1, -0.05) is 11.6 Å². The summed E-state index contributed by atoms with van der Waals surface area (Å²) in [6, 6.07) is 11.7. The maximum atomic E-state index is 13.4. The second kappa shape index (κ2) is 7.68. The third-order valence-corrected chi connectivity index (χ3v) is 5.08. The first kappa shape index (κ1) is 19.7. The standard InChI is InChI=1S/C22H15ClFNO5/c1-29-16-9-4-12(11-15(16)23)20(26)18-19(17-3-2-10-30-17)25(22(28)21(18)27)14-7-5-13(24)6-8-14/h2-11,19,26H,1H3/b20-18-. The van der Waals surface area contributed by atoms with Gasteiger partial charge in [0.15, 0.2) is 0 Å². The SMILES string of the molecule is COc1ccc(/C(O)=C2/C(=O)C(=O)N(c3ccc(F)cc3)C2c2ccco2)cc1Cl. The normalized spacial score (nSPS) is 18.1. The molecule has 152 valence electrons. The molecule has 1 unspecified atom stereocenters. The number of aliphatic hydroxyl groups excluding tert-OH is 1. The van der Waals surface area contributed by atoms with E-state index in [1.54, 1.807) is 12.1 Å². The molecule has 8 heteroatoms. The first-order valence-corrected chi connectivity index (χ1v) is 9.24. The van der Waals surface area contributed by atoms with Gasteiger partial charge in [0, 0.05) is 11.3 Å². The van der Waals surface area contributed by atoms with Crippen molar-refractivity contribution in [1.82, 2.24) is 0 Å². The molecule has 6 nitrogen and oxygen atoms in total. The van der Waals surface area contributed by atoms with E-state index in [2.05, 4.69) is 0 Å². The number of furan rings is 1. The lowest BCUT2D eigenvalue weighted by atomic mass is 9.99. The minimum atomic E-state index is -1.04. The van der Waals surface area contributed by atoms with Gasteiger partial charge in [0.2, 0.25) is 0 Å². The summed E-state index contributed by atoms with van der Waals surface area (Å²) < 4.78 is 23.9. The van der Waals surface area contributed by atoms with Gasteiger partial charge in [0.25, 0.3) is 11.7 Å². The van der Waals surface area contributed by atoms with E-state index in [9.17, 15) is 19.1 Å². The van der Waals surface area contributed by atoms with Crippen molar-refractivity contribution < 1.29 is 28.2 Å². The zero-order valence-electron chi connectivity index (χ0n) is 15.6. The van der Waals surface area contributed by atoms with Crippen LogP contribution in [0.25, 0.3) is 5.76 Å². The summed E-state index contributed by atoms with van der Waals surface area (Å²) in [6.07, 6.45) is 1.39. The summed E-state index contributed by atoms with van der Waals surface area (Å²) in [4.78, 5) is 26.9. The van der Waals surface area contributed by atoms with Gasteiger partial charge in [-0.3, -0.25) is 14.5 Å². The molecule has 1 aromatic heterocycles. The molecule has 1 aliphatic heterocycles. The number of nitrogens with zero attached hydrogens (tertiary/aromatic N) is 1.